The van der Waals surface area contributed by atoms with Crippen LogP contribution < -0.4 is 4.72 Å². The van der Waals surface area contributed by atoms with E-state index in [0.29, 0.717) is 11.6 Å². The van der Waals surface area contributed by atoms with Gasteiger partial charge in [0.1, 0.15) is 22.3 Å². The van der Waals surface area contributed by atoms with E-state index in [1.165, 1.54) is 18.2 Å². The molecular weight excluding hydrogens is 288 g/mol. The van der Waals surface area contributed by atoms with Crippen LogP contribution in [0.25, 0.3) is 0 Å². The number of aryl methyl sites for hydroxylation is 1. The maximum atomic E-state index is 13.5. The van der Waals surface area contributed by atoms with E-state index in [4.69, 9.17) is 0 Å². The molecule has 2 aromatic rings. The fraction of sp³-hybridized carbons (Fsp3) is 0.0769. The van der Waals surface area contributed by atoms with E-state index in [1.807, 2.05) is 0 Å². The lowest BCUT2D eigenvalue weighted by Crippen LogP contribution is -2.14. The maximum absolute atomic E-state index is 13.5. The van der Waals surface area contributed by atoms with Gasteiger partial charge >= 0.3 is 0 Å². The number of rotatable bonds is 3. The smallest absolute Gasteiger partial charge is 0.264 e. The van der Waals surface area contributed by atoms with Crippen LogP contribution in [0.5, 0.6) is 5.75 Å². The molecule has 0 aromatic heterocycles. The van der Waals surface area contributed by atoms with E-state index in [0.717, 1.165) is 12.1 Å². The molecule has 0 aliphatic carbocycles. The zero-order chi connectivity index (χ0) is 14.9. The number of nitrogens with one attached hydrogen (secondary N) is 1. The predicted octanol–water partition coefficient (Wildman–Crippen LogP) is 2.78. The number of aromatic hydroxyl groups is 1. The van der Waals surface area contributed by atoms with Gasteiger partial charge in [0.2, 0.25) is 0 Å². The van der Waals surface area contributed by atoms with Crippen molar-refractivity contribution in [3.05, 3.63) is 53.6 Å². The van der Waals surface area contributed by atoms with Crippen LogP contribution in [0.2, 0.25) is 0 Å². The van der Waals surface area contributed by atoms with Crippen molar-refractivity contribution in [1.82, 2.24) is 0 Å². The van der Waals surface area contributed by atoms with Gasteiger partial charge in [-0.05, 0) is 30.7 Å². The summed E-state index contributed by atoms with van der Waals surface area (Å²) in [5.74, 6) is -2.15. The van der Waals surface area contributed by atoms with Crippen molar-refractivity contribution in [3.8, 4) is 5.75 Å². The molecule has 0 amide bonds. The summed E-state index contributed by atoms with van der Waals surface area (Å²) < 4.78 is 52.3. The van der Waals surface area contributed by atoms with E-state index in [9.17, 15) is 22.3 Å². The van der Waals surface area contributed by atoms with Gasteiger partial charge in [-0.25, -0.2) is 17.2 Å². The molecule has 20 heavy (non-hydrogen) atoms. The van der Waals surface area contributed by atoms with Crippen molar-refractivity contribution in [1.29, 1.82) is 0 Å². The molecule has 0 aliphatic heterocycles. The molecule has 2 N–H and O–H groups in total. The summed E-state index contributed by atoms with van der Waals surface area (Å²) in [6.45, 7) is 1.65. The van der Waals surface area contributed by atoms with Gasteiger partial charge in [-0.3, -0.25) is 4.72 Å². The minimum absolute atomic E-state index is 0.0804. The van der Waals surface area contributed by atoms with E-state index < -0.39 is 26.6 Å². The van der Waals surface area contributed by atoms with E-state index in [2.05, 4.69) is 4.72 Å². The third-order valence-corrected chi connectivity index (χ3v) is 4.06. The molecule has 106 valence electrons. The number of sulfonamides is 1. The summed E-state index contributed by atoms with van der Waals surface area (Å²) in [5.41, 5.74) is 0.651. The number of hydrogen-bond acceptors (Lipinski definition) is 3. The Balaban J connectivity index is 2.38. The minimum atomic E-state index is -4.19. The highest BCUT2D eigenvalue weighted by molar-refractivity contribution is 7.92. The van der Waals surface area contributed by atoms with E-state index >= 15 is 0 Å². The Bertz CT molecular complexity index is 760. The van der Waals surface area contributed by atoms with Gasteiger partial charge in [0.05, 0.1) is 5.69 Å². The topological polar surface area (TPSA) is 66.4 Å². The SMILES string of the molecule is Cc1ccc(NS(=O)(=O)c2ccc(F)cc2F)cc1O. The molecule has 0 fully saturated rings. The minimum Gasteiger partial charge on any atom is -0.508 e. The van der Waals surface area contributed by atoms with Gasteiger partial charge in [0.25, 0.3) is 10.0 Å². The largest absolute Gasteiger partial charge is 0.508 e. The lowest BCUT2D eigenvalue weighted by molar-refractivity contribution is 0.471. The summed E-state index contributed by atoms with van der Waals surface area (Å²) >= 11 is 0. The lowest BCUT2D eigenvalue weighted by Gasteiger charge is -2.10. The van der Waals surface area contributed by atoms with Crippen LogP contribution in [0, 0.1) is 18.6 Å². The number of phenolic OH excluding ortho intramolecular Hbond substituents is 1. The van der Waals surface area contributed by atoms with Crippen LogP contribution in [0.4, 0.5) is 14.5 Å². The molecule has 0 aliphatic rings. The Morgan fingerprint density at radius 3 is 2.40 bits per heavy atom. The van der Waals surface area contributed by atoms with Crippen molar-refractivity contribution in [2.45, 2.75) is 11.8 Å². The van der Waals surface area contributed by atoms with E-state index in [1.54, 1.807) is 6.92 Å². The Morgan fingerprint density at radius 2 is 1.80 bits per heavy atom. The van der Waals surface area contributed by atoms with Gasteiger partial charge in [0.15, 0.2) is 0 Å². The number of anilines is 1. The molecule has 0 spiro atoms. The molecule has 0 radical (unpaired) electrons. The molecule has 2 rings (SSSR count). The normalized spacial score (nSPS) is 11.3. The average molecular weight is 299 g/mol. The monoisotopic (exact) mass is 299 g/mol. The zero-order valence-corrected chi connectivity index (χ0v) is 11.2. The van der Waals surface area contributed by atoms with Crippen molar-refractivity contribution < 1.29 is 22.3 Å². The molecule has 0 saturated heterocycles. The summed E-state index contributed by atoms with van der Waals surface area (Å²) in [4.78, 5) is -0.668. The molecule has 0 unspecified atom stereocenters. The van der Waals surface area contributed by atoms with Crippen molar-refractivity contribution in [2.75, 3.05) is 4.72 Å². The van der Waals surface area contributed by atoms with Gasteiger partial charge in [0, 0.05) is 12.1 Å². The van der Waals surface area contributed by atoms with Crippen LogP contribution >= 0.6 is 0 Å². The molecule has 0 heterocycles. The summed E-state index contributed by atoms with van der Waals surface area (Å²) in [5, 5.41) is 9.50. The van der Waals surface area contributed by atoms with Crippen LogP contribution in [0.1, 0.15) is 5.56 Å². The van der Waals surface area contributed by atoms with Gasteiger partial charge in [-0.2, -0.15) is 0 Å². The number of benzene rings is 2. The number of hydrogen-bond donors (Lipinski definition) is 2. The summed E-state index contributed by atoms with van der Waals surface area (Å²) in [6, 6.07) is 6.31. The fourth-order valence-electron chi connectivity index (χ4n) is 1.58. The molecule has 7 heteroatoms. The lowest BCUT2D eigenvalue weighted by atomic mass is 10.2. The van der Waals surface area contributed by atoms with Crippen LogP contribution in [-0.4, -0.2) is 13.5 Å². The highest BCUT2D eigenvalue weighted by Crippen LogP contribution is 2.24. The Morgan fingerprint density at radius 1 is 1.10 bits per heavy atom. The molecule has 0 saturated carbocycles. The second-order valence-electron chi connectivity index (χ2n) is 4.18. The fourth-order valence-corrected chi connectivity index (χ4v) is 2.69. The number of halogens is 2. The third-order valence-electron chi connectivity index (χ3n) is 2.64. The molecule has 2 aromatic carbocycles. The first-order valence-corrected chi connectivity index (χ1v) is 7.05. The van der Waals surface area contributed by atoms with Crippen molar-refractivity contribution >= 4 is 15.7 Å². The van der Waals surface area contributed by atoms with Gasteiger partial charge in [-0.15, -0.1) is 0 Å². The molecule has 0 bridgehead atoms. The Labute approximate surface area is 114 Å². The van der Waals surface area contributed by atoms with Crippen molar-refractivity contribution in [2.24, 2.45) is 0 Å². The van der Waals surface area contributed by atoms with Crippen molar-refractivity contribution in [3.63, 3.8) is 0 Å². The summed E-state index contributed by atoms with van der Waals surface area (Å²) in [6.07, 6.45) is 0. The average Bonchev–Trinajstić information content (AvgIpc) is 2.33. The Kier molecular flexibility index (Phi) is 3.63. The summed E-state index contributed by atoms with van der Waals surface area (Å²) in [7, 11) is -4.19. The number of phenols is 1. The standard InChI is InChI=1S/C13H11F2NO3S/c1-8-2-4-10(7-12(8)17)16-20(18,19)13-5-3-9(14)6-11(13)15/h2-7,16-17H,1H3. The third kappa shape index (κ3) is 2.88. The molecule has 4 nitrogen and oxygen atoms in total. The van der Waals surface area contributed by atoms with Crippen LogP contribution in [0.3, 0.4) is 0 Å². The van der Waals surface area contributed by atoms with Crippen LogP contribution in [-0.2, 0) is 10.0 Å². The molecule has 0 atom stereocenters. The maximum Gasteiger partial charge on any atom is 0.264 e. The first-order valence-electron chi connectivity index (χ1n) is 5.57. The predicted molar refractivity (Wildman–Crippen MR) is 70.0 cm³/mol. The first-order chi connectivity index (χ1) is 9.29. The Hall–Kier alpha value is -2.15. The van der Waals surface area contributed by atoms with Gasteiger partial charge in [-0.1, -0.05) is 6.07 Å². The highest BCUT2D eigenvalue weighted by atomic mass is 32.2. The quantitative estimate of drug-likeness (QED) is 0.916. The molecular formula is C13H11F2NO3S. The van der Waals surface area contributed by atoms with E-state index in [-0.39, 0.29) is 11.4 Å². The van der Waals surface area contributed by atoms with Gasteiger partial charge < -0.3 is 5.11 Å². The second-order valence-corrected chi connectivity index (χ2v) is 5.83. The first kappa shape index (κ1) is 14.3. The highest BCUT2D eigenvalue weighted by Gasteiger charge is 2.19. The van der Waals surface area contributed by atoms with Crippen LogP contribution in [0.15, 0.2) is 41.3 Å². The zero-order valence-electron chi connectivity index (χ0n) is 10.4. The second kappa shape index (κ2) is 5.09.